The largest absolute Gasteiger partial charge is 0.493 e. The van der Waals surface area contributed by atoms with Crippen molar-refractivity contribution >= 4 is 29.9 Å². The first-order chi connectivity index (χ1) is 13.9. The maximum Gasteiger partial charge on any atom is 0.191 e. The van der Waals surface area contributed by atoms with Crippen LogP contribution in [-0.4, -0.2) is 67.6 Å². The molecule has 0 radical (unpaired) electrons. The van der Waals surface area contributed by atoms with Crippen molar-refractivity contribution in [2.45, 2.75) is 26.0 Å². The number of benzene rings is 1. The van der Waals surface area contributed by atoms with Gasteiger partial charge in [0.05, 0.1) is 32.4 Å². The summed E-state index contributed by atoms with van der Waals surface area (Å²) in [5, 5.41) is 10.9. The summed E-state index contributed by atoms with van der Waals surface area (Å²) in [6.07, 6.45) is 3.87. The molecule has 0 amide bonds. The van der Waals surface area contributed by atoms with Crippen molar-refractivity contribution in [1.82, 2.24) is 25.3 Å². The minimum absolute atomic E-state index is 0. The molecule has 0 aliphatic heterocycles. The van der Waals surface area contributed by atoms with Crippen LogP contribution in [0.4, 0.5) is 0 Å². The minimum atomic E-state index is -0.0573. The molecule has 2 N–H and O–H groups in total. The normalized spacial score (nSPS) is 13.4. The van der Waals surface area contributed by atoms with Gasteiger partial charge in [0.25, 0.3) is 0 Å². The van der Waals surface area contributed by atoms with Gasteiger partial charge in [0.1, 0.15) is 6.10 Å². The Morgan fingerprint density at radius 2 is 1.93 bits per heavy atom. The quantitative estimate of drug-likeness (QED) is 0.280. The van der Waals surface area contributed by atoms with Gasteiger partial charge >= 0.3 is 0 Å². The predicted molar refractivity (Wildman–Crippen MR) is 132 cm³/mol. The van der Waals surface area contributed by atoms with Crippen LogP contribution in [0.25, 0.3) is 0 Å². The number of aryl methyl sites for hydroxylation is 1. The molecule has 0 aliphatic rings. The lowest BCUT2D eigenvalue weighted by Crippen LogP contribution is -2.42. The molecule has 2 rings (SSSR count). The number of ether oxygens (including phenoxy) is 2. The van der Waals surface area contributed by atoms with Gasteiger partial charge in [-0.1, -0.05) is 12.1 Å². The number of likely N-dealkylation sites (N-methyl/N-ethyl adjacent to an activating group) is 1. The van der Waals surface area contributed by atoms with Crippen LogP contribution >= 0.6 is 24.0 Å². The van der Waals surface area contributed by atoms with Crippen LogP contribution in [0.2, 0.25) is 0 Å². The van der Waals surface area contributed by atoms with E-state index in [2.05, 4.69) is 41.7 Å². The number of halogens is 1. The Bertz CT molecular complexity index is 780. The molecular weight excluding hydrogens is 495 g/mol. The molecule has 1 aromatic carbocycles. The van der Waals surface area contributed by atoms with Gasteiger partial charge in [-0.3, -0.25) is 9.67 Å². The van der Waals surface area contributed by atoms with E-state index in [9.17, 15) is 0 Å². The summed E-state index contributed by atoms with van der Waals surface area (Å²) in [5.74, 6) is 2.22. The Hall–Kier alpha value is -2.01. The van der Waals surface area contributed by atoms with Crippen molar-refractivity contribution in [3.05, 3.63) is 42.2 Å². The molecule has 30 heavy (non-hydrogen) atoms. The topological polar surface area (TPSA) is 75.9 Å². The summed E-state index contributed by atoms with van der Waals surface area (Å²) in [6, 6.07) is 7.81. The number of aliphatic imine (C=N–C) groups is 1. The molecule has 168 valence electrons. The number of rotatable bonds is 10. The number of nitrogens with zero attached hydrogens (tertiary/aromatic N) is 4. The van der Waals surface area contributed by atoms with Crippen LogP contribution in [0.1, 0.15) is 25.5 Å². The summed E-state index contributed by atoms with van der Waals surface area (Å²) < 4.78 is 13.2. The van der Waals surface area contributed by atoms with Crippen LogP contribution < -0.4 is 20.1 Å². The number of hydrogen-bond acceptors (Lipinski definition) is 5. The third-order valence-electron chi connectivity index (χ3n) is 4.45. The summed E-state index contributed by atoms with van der Waals surface area (Å²) in [6.45, 7) is 6.09. The van der Waals surface area contributed by atoms with E-state index in [0.717, 1.165) is 29.6 Å². The maximum absolute atomic E-state index is 6.01. The van der Waals surface area contributed by atoms with Gasteiger partial charge in [0.2, 0.25) is 0 Å². The number of hydrogen-bond donors (Lipinski definition) is 2. The molecule has 0 bridgehead atoms. The third-order valence-corrected chi connectivity index (χ3v) is 4.45. The lowest BCUT2D eigenvalue weighted by Gasteiger charge is -2.23. The standard InChI is InChI=1S/C21H34N6O2.HI/c1-7-22-21(24-14-18(26(3)4)17-13-25-27(5)15-17)23-12-16(2)29-20-11-9-8-10-19(20)28-6;/h8-11,13,15-16,18H,7,12,14H2,1-6H3,(H2,22,23,24);1H. The molecule has 2 unspecified atom stereocenters. The van der Waals surface area contributed by atoms with Crippen molar-refractivity contribution in [3.63, 3.8) is 0 Å². The number of aromatic nitrogens is 2. The highest BCUT2D eigenvalue weighted by Gasteiger charge is 2.16. The van der Waals surface area contributed by atoms with E-state index in [0.29, 0.717) is 13.1 Å². The number of guanidine groups is 1. The summed E-state index contributed by atoms with van der Waals surface area (Å²) >= 11 is 0. The van der Waals surface area contributed by atoms with E-state index >= 15 is 0 Å². The molecule has 2 aromatic rings. The molecule has 1 heterocycles. The Labute approximate surface area is 197 Å². The third kappa shape index (κ3) is 8.02. The van der Waals surface area contributed by atoms with Crippen LogP contribution in [0.15, 0.2) is 41.7 Å². The van der Waals surface area contributed by atoms with Crippen LogP contribution in [-0.2, 0) is 7.05 Å². The lowest BCUT2D eigenvalue weighted by atomic mass is 10.1. The van der Waals surface area contributed by atoms with Crippen molar-refractivity contribution in [2.75, 3.05) is 40.8 Å². The molecule has 9 heteroatoms. The molecule has 0 saturated carbocycles. The van der Waals surface area contributed by atoms with Crippen molar-refractivity contribution in [1.29, 1.82) is 0 Å². The first-order valence-corrected chi connectivity index (χ1v) is 9.91. The maximum atomic E-state index is 6.01. The van der Waals surface area contributed by atoms with Crippen LogP contribution in [0, 0.1) is 0 Å². The Morgan fingerprint density at radius 3 is 2.50 bits per heavy atom. The molecule has 1 aromatic heterocycles. The molecule has 0 fully saturated rings. The second-order valence-electron chi connectivity index (χ2n) is 7.11. The summed E-state index contributed by atoms with van der Waals surface area (Å²) in [5.41, 5.74) is 1.14. The van der Waals surface area contributed by atoms with Gasteiger partial charge in [0.15, 0.2) is 17.5 Å². The van der Waals surface area contributed by atoms with Crippen molar-refractivity contribution in [2.24, 2.45) is 12.0 Å². The first-order valence-electron chi connectivity index (χ1n) is 9.91. The van der Waals surface area contributed by atoms with Gasteiger partial charge in [0, 0.05) is 25.4 Å². The fourth-order valence-electron chi connectivity index (χ4n) is 2.91. The minimum Gasteiger partial charge on any atom is -0.493 e. The average molecular weight is 530 g/mol. The van der Waals surface area contributed by atoms with Gasteiger partial charge < -0.3 is 25.0 Å². The second-order valence-corrected chi connectivity index (χ2v) is 7.11. The van der Waals surface area contributed by atoms with Gasteiger partial charge in [-0.15, -0.1) is 24.0 Å². The SMILES string of the molecule is CCNC(=NCC(c1cnn(C)c1)N(C)C)NCC(C)Oc1ccccc1OC.I. The van der Waals surface area contributed by atoms with Gasteiger partial charge in [-0.05, 0) is 40.1 Å². The summed E-state index contributed by atoms with van der Waals surface area (Å²) in [4.78, 5) is 6.92. The van der Waals surface area contributed by atoms with E-state index in [1.54, 1.807) is 7.11 Å². The molecular formula is C21H35IN6O2. The Balaban J connectivity index is 0.00000450. The van der Waals surface area contributed by atoms with Crippen molar-refractivity contribution in [3.8, 4) is 11.5 Å². The van der Waals surface area contributed by atoms with E-state index in [-0.39, 0.29) is 36.1 Å². The van der Waals surface area contributed by atoms with E-state index in [1.807, 2.05) is 55.3 Å². The van der Waals surface area contributed by atoms with Crippen LogP contribution in [0.5, 0.6) is 11.5 Å². The fourth-order valence-corrected chi connectivity index (χ4v) is 2.91. The molecule has 0 saturated heterocycles. The Kier molecular flexibility index (Phi) is 11.6. The highest BCUT2D eigenvalue weighted by atomic mass is 127. The number of nitrogens with one attached hydrogen (secondary N) is 2. The molecule has 2 atom stereocenters. The van der Waals surface area contributed by atoms with Gasteiger partial charge in [-0.25, -0.2) is 0 Å². The zero-order valence-corrected chi connectivity index (χ0v) is 21.1. The molecule has 0 aliphatic carbocycles. The smallest absolute Gasteiger partial charge is 0.191 e. The zero-order chi connectivity index (χ0) is 21.2. The zero-order valence-electron chi connectivity index (χ0n) is 18.8. The molecule has 8 nitrogen and oxygen atoms in total. The Morgan fingerprint density at radius 1 is 1.23 bits per heavy atom. The highest BCUT2D eigenvalue weighted by molar-refractivity contribution is 14.0. The lowest BCUT2D eigenvalue weighted by molar-refractivity contribution is 0.213. The highest BCUT2D eigenvalue weighted by Crippen LogP contribution is 2.26. The molecule has 0 spiro atoms. The monoisotopic (exact) mass is 530 g/mol. The number of methoxy groups -OCH3 is 1. The first kappa shape index (κ1) is 26.0. The second kappa shape index (κ2) is 13.3. The van der Waals surface area contributed by atoms with E-state index in [1.165, 1.54) is 0 Å². The fraction of sp³-hybridized carbons (Fsp3) is 0.524. The van der Waals surface area contributed by atoms with Crippen molar-refractivity contribution < 1.29 is 9.47 Å². The predicted octanol–water partition coefficient (Wildman–Crippen LogP) is 2.67. The van der Waals surface area contributed by atoms with Gasteiger partial charge in [-0.2, -0.15) is 5.10 Å². The van der Waals surface area contributed by atoms with E-state index < -0.39 is 0 Å². The summed E-state index contributed by atoms with van der Waals surface area (Å²) in [7, 11) is 7.67. The van der Waals surface area contributed by atoms with E-state index in [4.69, 9.17) is 14.5 Å². The van der Waals surface area contributed by atoms with Crippen LogP contribution in [0.3, 0.4) is 0 Å². The number of para-hydroxylation sites is 2. The average Bonchev–Trinajstić information content (AvgIpc) is 3.12.